The number of thioether (sulfide) groups is 1. The third-order valence-electron chi connectivity index (χ3n) is 5.69. The van der Waals surface area contributed by atoms with Crippen molar-refractivity contribution in [3.8, 4) is 5.88 Å². The molecule has 1 spiro atoms. The maximum atomic E-state index is 12.7. The van der Waals surface area contributed by atoms with Crippen molar-refractivity contribution in [2.75, 3.05) is 12.9 Å². The van der Waals surface area contributed by atoms with E-state index < -0.39 is 0 Å². The topological polar surface area (TPSA) is 90.5 Å². The second kappa shape index (κ2) is 7.44. The molecule has 6 nitrogen and oxygen atoms in total. The SMILES string of the molecule is COc1cnc(C(=O)Cc2ccc3c(c2)C2(CCSC(N)=N2)CC(C)(C)C3)cn1. The van der Waals surface area contributed by atoms with Crippen LogP contribution in [0.5, 0.6) is 5.88 Å². The highest BCUT2D eigenvalue weighted by Gasteiger charge is 2.45. The van der Waals surface area contributed by atoms with Gasteiger partial charge in [-0.2, -0.15) is 0 Å². The number of ether oxygens (including phenoxy) is 1. The summed E-state index contributed by atoms with van der Waals surface area (Å²) in [6, 6.07) is 6.37. The molecule has 1 aromatic carbocycles. The van der Waals surface area contributed by atoms with Crippen LogP contribution in [0.1, 0.15) is 53.9 Å². The number of benzene rings is 1. The van der Waals surface area contributed by atoms with E-state index >= 15 is 0 Å². The molecule has 0 saturated heterocycles. The molecule has 1 aliphatic heterocycles. The molecule has 7 heteroatoms. The second-order valence-electron chi connectivity index (χ2n) is 8.63. The van der Waals surface area contributed by atoms with Gasteiger partial charge < -0.3 is 10.5 Å². The normalized spacial score (nSPS) is 22.7. The summed E-state index contributed by atoms with van der Waals surface area (Å²) in [4.78, 5) is 25.9. The monoisotopic (exact) mass is 410 g/mol. The molecule has 1 aliphatic carbocycles. The summed E-state index contributed by atoms with van der Waals surface area (Å²) in [6.45, 7) is 4.59. The number of amidine groups is 1. The number of nitrogens with zero attached hydrogens (tertiary/aromatic N) is 3. The predicted octanol–water partition coefficient (Wildman–Crippen LogP) is 3.53. The Hall–Kier alpha value is -2.41. The van der Waals surface area contributed by atoms with E-state index in [-0.39, 0.29) is 23.2 Å². The Bertz CT molecular complexity index is 971. The quantitative estimate of drug-likeness (QED) is 0.776. The first kappa shape index (κ1) is 19.9. The molecule has 0 fully saturated rings. The van der Waals surface area contributed by atoms with E-state index in [9.17, 15) is 4.79 Å². The number of carbonyl (C=O) groups excluding carboxylic acids is 1. The van der Waals surface area contributed by atoms with Crippen LogP contribution in [-0.4, -0.2) is 33.8 Å². The number of aliphatic imine (C=N–C) groups is 1. The summed E-state index contributed by atoms with van der Waals surface area (Å²) in [5.41, 5.74) is 9.86. The molecule has 29 heavy (non-hydrogen) atoms. The van der Waals surface area contributed by atoms with E-state index in [1.54, 1.807) is 11.8 Å². The van der Waals surface area contributed by atoms with Crippen molar-refractivity contribution in [2.24, 2.45) is 16.1 Å². The van der Waals surface area contributed by atoms with E-state index in [1.807, 2.05) is 6.07 Å². The Morgan fingerprint density at radius 2 is 2.10 bits per heavy atom. The number of nitrogens with two attached hydrogens (primary N) is 1. The van der Waals surface area contributed by atoms with Gasteiger partial charge in [0.25, 0.3) is 0 Å². The zero-order chi connectivity index (χ0) is 20.6. The highest BCUT2D eigenvalue weighted by atomic mass is 32.2. The van der Waals surface area contributed by atoms with Crippen LogP contribution in [0, 0.1) is 5.41 Å². The zero-order valence-corrected chi connectivity index (χ0v) is 17.9. The summed E-state index contributed by atoms with van der Waals surface area (Å²) in [5, 5.41) is 0.662. The number of hydrogen-bond donors (Lipinski definition) is 1. The minimum atomic E-state index is -0.286. The molecule has 0 bridgehead atoms. The van der Waals surface area contributed by atoms with Gasteiger partial charge in [0.15, 0.2) is 11.0 Å². The number of fused-ring (bicyclic) bond motifs is 2. The van der Waals surface area contributed by atoms with Crippen molar-refractivity contribution in [1.82, 2.24) is 9.97 Å². The first-order valence-electron chi connectivity index (χ1n) is 9.80. The number of Topliss-reactive ketones (excluding diaryl/α,β-unsaturated/α-hetero) is 1. The van der Waals surface area contributed by atoms with Crippen molar-refractivity contribution >= 4 is 22.7 Å². The Labute approximate surface area is 175 Å². The number of aromatic nitrogens is 2. The molecule has 0 saturated carbocycles. The van der Waals surface area contributed by atoms with Gasteiger partial charge in [0.1, 0.15) is 5.69 Å². The third-order valence-corrected chi connectivity index (χ3v) is 6.49. The molecular weight excluding hydrogens is 384 g/mol. The van der Waals surface area contributed by atoms with Crippen LogP contribution >= 0.6 is 11.8 Å². The number of carbonyl (C=O) groups is 1. The van der Waals surface area contributed by atoms with E-state index in [1.165, 1.54) is 30.6 Å². The van der Waals surface area contributed by atoms with E-state index in [4.69, 9.17) is 15.5 Å². The molecule has 1 atom stereocenters. The minimum absolute atomic E-state index is 0.0625. The largest absolute Gasteiger partial charge is 0.480 e. The molecule has 4 rings (SSSR count). The van der Waals surface area contributed by atoms with Crippen molar-refractivity contribution < 1.29 is 9.53 Å². The van der Waals surface area contributed by atoms with Gasteiger partial charge >= 0.3 is 0 Å². The van der Waals surface area contributed by atoms with Crippen LogP contribution in [-0.2, 0) is 18.4 Å². The number of hydrogen-bond acceptors (Lipinski definition) is 7. The number of ketones is 1. The van der Waals surface area contributed by atoms with Gasteiger partial charge in [0.05, 0.1) is 25.0 Å². The van der Waals surface area contributed by atoms with E-state index in [0.717, 1.165) is 30.6 Å². The van der Waals surface area contributed by atoms with Crippen molar-refractivity contribution in [3.63, 3.8) is 0 Å². The zero-order valence-electron chi connectivity index (χ0n) is 17.1. The molecular formula is C22H26N4O2S. The first-order chi connectivity index (χ1) is 13.8. The Morgan fingerprint density at radius 1 is 1.28 bits per heavy atom. The van der Waals surface area contributed by atoms with Crippen LogP contribution in [0.3, 0.4) is 0 Å². The Morgan fingerprint density at radius 3 is 2.79 bits per heavy atom. The molecule has 2 heterocycles. The van der Waals surface area contributed by atoms with Crippen molar-refractivity contribution in [2.45, 2.75) is 45.1 Å². The lowest BCUT2D eigenvalue weighted by Gasteiger charge is -2.45. The fourth-order valence-corrected chi connectivity index (χ4v) is 5.46. The fourth-order valence-electron chi connectivity index (χ4n) is 4.57. The van der Waals surface area contributed by atoms with E-state index in [0.29, 0.717) is 16.7 Å². The maximum Gasteiger partial charge on any atom is 0.232 e. The van der Waals surface area contributed by atoms with Gasteiger partial charge in [0.2, 0.25) is 5.88 Å². The van der Waals surface area contributed by atoms with E-state index in [2.05, 4.69) is 35.9 Å². The average molecular weight is 411 g/mol. The molecule has 0 radical (unpaired) electrons. The number of methoxy groups -OCH3 is 1. The number of rotatable bonds is 4. The molecule has 1 unspecified atom stereocenters. The van der Waals surface area contributed by atoms with Crippen LogP contribution < -0.4 is 10.5 Å². The molecule has 152 valence electrons. The van der Waals surface area contributed by atoms with Gasteiger partial charge in [-0.1, -0.05) is 43.8 Å². The summed E-state index contributed by atoms with van der Waals surface area (Å²) in [6.07, 6.45) is 6.15. The molecule has 2 aromatic rings. The van der Waals surface area contributed by atoms with Gasteiger partial charge in [-0.15, -0.1) is 0 Å². The highest BCUT2D eigenvalue weighted by molar-refractivity contribution is 8.13. The van der Waals surface area contributed by atoms with Gasteiger partial charge in [-0.05, 0) is 41.4 Å². The molecule has 2 aliphatic rings. The molecule has 1 aromatic heterocycles. The lowest BCUT2D eigenvalue weighted by atomic mass is 9.64. The van der Waals surface area contributed by atoms with Crippen LogP contribution in [0.2, 0.25) is 0 Å². The van der Waals surface area contributed by atoms with Crippen LogP contribution in [0.4, 0.5) is 0 Å². The molecule has 0 amide bonds. The summed E-state index contributed by atoms with van der Waals surface area (Å²) >= 11 is 1.62. The summed E-state index contributed by atoms with van der Waals surface area (Å²) in [5.74, 6) is 1.30. The average Bonchev–Trinajstić information content (AvgIpc) is 2.68. The first-order valence-corrected chi connectivity index (χ1v) is 10.8. The fraction of sp³-hybridized carbons (Fsp3) is 0.455. The Kier molecular flexibility index (Phi) is 5.11. The lowest BCUT2D eigenvalue weighted by molar-refractivity contribution is 0.0987. The summed E-state index contributed by atoms with van der Waals surface area (Å²) in [7, 11) is 1.52. The maximum absolute atomic E-state index is 12.7. The van der Waals surface area contributed by atoms with Crippen LogP contribution in [0.25, 0.3) is 0 Å². The smallest absolute Gasteiger partial charge is 0.232 e. The van der Waals surface area contributed by atoms with Crippen molar-refractivity contribution in [1.29, 1.82) is 0 Å². The van der Waals surface area contributed by atoms with Crippen molar-refractivity contribution in [3.05, 3.63) is 53.0 Å². The third kappa shape index (κ3) is 4.01. The standard InChI is InChI=1S/C22H26N4O2S/c1-21(2)10-15-5-4-14(9-18(27)17-11-25-19(28-3)12-24-17)8-16(15)22(13-21)6-7-29-20(23)26-22/h4-5,8,11-12H,6-7,9-10,13H2,1-3H3,(H2,23,26). The minimum Gasteiger partial charge on any atom is -0.480 e. The summed E-state index contributed by atoms with van der Waals surface area (Å²) < 4.78 is 5.01. The molecule has 2 N–H and O–H groups in total. The van der Waals surface area contributed by atoms with Gasteiger partial charge in [-0.25, -0.2) is 9.97 Å². The highest BCUT2D eigenvalue weighted by Crippen LogP contribution is 2.50. The predicted molar refractivity (Wildman–Crippen MR) is 116 cm³/mol. The van der Waals surface area contributed by atoms with Gasteiger partial charge in [-0.3, -0.25) is 9.79 Å². The lowest BCUT2D eigenvalue weighted by Crippen LogP contribution is -2.41. The van der Waals surface area contributed by atoms with Crippen LogP contribution in [0.15, 0.2) is 35.6 Å². The van der Waals surface area contributed by atoms with Gasteiger partial charge in [0, 0.05) is 12.2 Å². The Balaban J connectivity index is 1.66. The second-order valence-corrected chi connectivity index (χ2v) is 9.75.